The molecule has 3 aliphatic heterocycles. The number of aromatic nitrogens is 1. The summed E-state index contributed by atoms with van der Waals surface area (Å²) in [5.74, 6) is 0.0322. The number of piperazine rings is 1. The number of amides is 1. The van der Waals surface area contributed by atoms with E-state index in [2.05, 4.69) is 51.0 Å². The van der Waals surface area contributed by atoms with Crippen molar-refractivity contribution in [2.45, 2.75) is 63.6 Å². The molecule has 0 aliphatic carbocycles. The Bertz CT molecular complexity index is 923. The number of hydrogen-bond donors (Lipinski definition) is 2. The number of carbonyl (C=O) groups is 1. The van der Waals surface area contributed by atoms with E-state index in [1.165, 1.54) is 10.9 Å². The molecule has 0 unspecified atom stereocenters. The molecule has 3 aliphatic rings. The number of aliphatic hydroxyl groups excluding tert-OH is 1. The lowest BCUT2D eigenvalue weighted by Gasteiger charge is -2.42. The van der Waals surface area contributed by atoms with Gasteiger partial charge in [-0.2, -0.15) is 0 Å². The first kappa shape index (κ1) is 20.9. The maximum Gasteiger partial charge on any atom is 0.240 e. The first-order chi connectivity index (χ1) is 15.1. The highest BCUT2D eigenvalue weighted by Gasteiger charge is 2.38. The summed E-state index contributed by atoms with van der Waals surface area (Å²) in [4.78, 5) is 17.6. The Balaban J connectivity index is 1.28. The van der Waals surface area contributed by atoms with Crippen LogP contribution in [0.3, 0.4) is 0 Å². The van der Waals surface area contributed by atoms with E-state index in [9.17, 15) is 9.90 Å². The normalized spacial score (nSPS) is 29.5. The van der Waals surface area contributed by atoms with Crippen LogP contribution in [0.15, 0.2) is 30.5 Å². The van der Waals surface area contributed by atoms with Gasteiger partial charge < -0.3 is 19.7 Å². The molecule has 0 radical (unpaired) electrons. The lowest BCUT2D eigenvalue weighted by molar-refractivity contribution is -0.122. The Kier molecular flexibility index (Phi) is 6.01. The van der Waals surface area contributed by atoms with E-state index in [0.29, 0.717) is 25.2 Å². The average molecular weight is 427 g/mol. The summed E-state index contributed by atoms with van der Waals surface area (Å²) >= 11 is 0. The summed E-state index contributed by atoms with van der Waals surface area (Å²) < 4.78 is 7.69. The Morgan fingerprint density at radius 3 is 2.97 bits per heavy atom. The summed E-state index contributed by atoms with van der Waals surface area (Å²) in [6.07, 6.45) is 5.11. The molecule has 168 valence electrons. The summed E-state index contributed by atoms with van der Waals surface area (Å²) in [5.41, 5.74) is 2.37. The van der Waals surface area contributed by atoms with E-state index in [1.807, 2.05) is 6.07 Å². The molecule has 0 spiro atoms. The molecule has 0 saturated carbocycles. The standard InChI is InChI=1S/C24H34N4O3/c1-17-11-27-15-20(29)9-19(27)14-26(17)12-18-13-28(23-7-3-2-6-22(18)23)16-24(30)25-10-21-5-4-8-31-21/h2-3,6-7,13,17,19-21,29H,4-5,8-12,14-16H2,1H3,(H,25,30)/t17-,19-,20-,21+/m1/s1. The van der Waals surface area contributed by atoms with E-state index < -0.39 is 0 Å². The number of rotatable bonds is 6. The van der Waals surface area contributed by atoms with Gasteiger partial charge in [0.2, 0.25) is 5.91 Å². The van der Waals surface area contributed by atoms with Gasteiger partial charge in [0.15, 0.2) is 0 Å². The molecule has 7 heteroatoms. The van der Waals surface area contributed by atoms with E-state index in [-0.39, 0.29) is 18.1 Å². The molecule has 4 atom stereocenters. The predicted molar refractivity (Wildman–Crippen MR) is 120 cm³/mol. The SMILES string of the molecule is C[C@@H]1CN2C[C@H](O)C[C@@H]2CN1Cc1cn(CC(=O)NC[C@@H]2CCCO2)c2ccccc12. The fraction of sp³-hybridized carbons (Fsp3) is 0.625. The lowest BCUT2D eigenvalue weighted by Crippen LogP contribution is -2.54. The quantitative estimate of drug-likeness (QED) is 0.734. The molecule has 3 saturated heterocycles. The van der Waals surface area contributed by atoms with Gasteiger partial charge in [0.1, 0.15) is 6.54 Å². The highest BCUT2D eigenvalue weighted by atomic mass is 16.5. The summed E-state index contributed by atoms with van der Waals surface area (Å²) in [5, 5.41) is 14.3. The van der Waals surface area contributed by atoms with E-state index in [4.69, 9.17) is 4.74 Å². The van der Waals surface area contributed by atoms with Crippen LogP contribution < -0.4 is 5.32 Å². The van der Waals surface area contributed by atoms with E-state index >= 15 is 0 Å². The topological polar surface area (TPSA) is 70.0 Å². The molecular formula is C24H34N4O3. The monoisotopic (exact) mass is 426 g/mol. The number of para-hydroxylation sites is 1. The lowest BCUT2D eigenvalue weighted by atomic mass is 10.1. The van der Waals surface area contributed by atoms with Crippen LogP contribution in [0.4, 0.5) is 0 Å². The molecule has 3 fully saturated rings. The summed E-state index contributed by atoms with van der Waals surface area (Å²) in [6, 6.07) is 9.25. The second-order valence-electron chi connectivity index (χ2n) is 9.51. The van der Waals surface area contributed by atoms with Crippen LogP contribution in [-0.2, 0) is 22.6 Å². The second kappa shape index (κ2) is 8.90. The molecule has 4 heterocycles. The zero-order chi connectivity index (χ0) is 21.4. The Hall–Kier alpha value is -1.93. The smallest absolute Gasteiger partial charge is 0.240 e. The Morgan fingerprint density at radius 2 is 2.13 bits per heavy atom. The number of benzene rings is 1. The number of fused-ring (bicyclic) bond motifs is 2. The van der Waals surface area contributed by atoms with Crippen molar-refractivity contribution in [3.8, 4) is 0 Å². The minimum Gasteiger partial charge on any atom is -0.392 e. The van der Waals surface area contributed by atoms with E-state index in [1.54, 1.807) is 0 Å². The number of carbonyl (C=O) groups excluding carboxylic acids is 1. The van der Waals surface area contributed by atoms with Gasteiger partial charge in [-0.1, -0.05) is 18.2 Å². The van der Waals surface area contributed by atoms with Crippen LogP contribution in [0.5, 0.6) is 0 Å². The third-order valence-corrected chi connectivity index (χ3v) is 7.18. The van der Waals surface area contributed by atoms with Crippen molar-refractivity contribution in [3.05, 3.63) is 36.0 Å². The van der Waals surface area contributed by atoms with Gasteiger partial charge in [-0.05, 0) is 37.8 Å². The van der Waals surface area contributed by atoms with Crippen molar-refractivity contribution >= 4 is 16.8 Å². The van der Waals surface area contributed by atoms with Gasteiger partial charge in [-0.25, -0.2) is 0 Å². The zero-order valence-electron chi connectivity index (χ0n) is 18.4. The minimum atomic E-state index is -0.188. The zero-order valence-corrected chi connectivity index (χ0v) is 18.4. The number of hydrogen-bond acceptors (Lipinski definition) is 5. The van der Waals surface area contributed by atoms with Crippen LogP contribution in [0.1, 0.15) is 31.7 Å². The molecular weight excluding hydrogens is 392 g/mol. The number of nitrogens with zero attached hydrogens (tertiary/aromatic N) is 3. The third kappa shape index (κ3) is 4.51. The van der Waals surface area contributed by atoms with Gasteiger partial charge in [0.25, 0.3) is 0 Å². The minimum absolute atomic E-state index is 0.0322. The first-order valence-electron chi connectivity index (χ1n) is 11.7. The van der Waals surface area contributed by atoms with Crippen molar-refractivity contribution in [1.29, 1.82) is 0 Å². The molecule has 2 N–H and O–H groups in total. The number of nitrogens with one attached hydrogen (secondary N) is 1. The Morgan fingerprint density at radius 1 is 1.26 bits per heavy atom. The van der Waals surface area contributed by atoms with Crippen molar-refractivity contribution < 1.29 is 14.6 Å². The van der Waals surface area contributed by atoms with Gasteiger partial charge in [0, 0.05) is 68.5 Å². The highest BCUT2D eigenvalue weighted by molar-refractivity contribution is 5.86. The van der Waals surface area contributed by atoms with Crippen molar-refractivity contribution in [2.24, 2.45) is 0 Å². The van der Waals surface area contributed by atoms with Crippen molar-refractivity contribution in [3.63, 3.8) is 0 Å². The van der Waals surface area contributed by atoms with Gasteiger partial charge >= 0.3 is 0 Å². The van der Waals surface area contributed by atoms with Gasteiger partial charge in [0.05, 0.1) is 12.2 Å². The van der Waals surface area contributed by atoms with Crippen LogP contribution in [0.25, 0.3) is 10.9 Å². The maximum absolute atomic E-state index is 12.6. The largest absolute Gasteiger partial charge is 0.392 e. The fourth-order valence-electron chi connectivity index (χ4n) is 5.54. The van der Waals surface area contributed by atoms with Crippen molar-refractivity contribution in [1.82, 2.24) is 19.7 Å². The van der Waals surface area contributed by atoms with Gasteiger partial charge in [-0.15, -0.1) is 0 Å². The fourth-order valence-corrected chi connectivity index (χ4v) is 5.54. The predicted octanol–water partition coefficient (Wildman–Crippen LogP) is 1.58. The third-order valence-electron chi connectivity index (χ3n) is 7.18. The molecule has 5 rings (SSSR count). The molecule has 7 nitrogen and oxygen atoms in total. The van der Waals surface area contributed by atoms with Crippen LogP contribution in [0, 0.1) is 0 Å². The van der Waals surface area contributed by atoms with Crippen molar-refractivity contribution in [2.75, 3.05) is 32.8 Å². The molecule has 1 aromatic carbocycles. The van der Waals surface area contributed by atoms with Crippen LogP contribution in [0.2, 0.25) is 0 Å². The summed E-state index contributed by atoms with van der Waals surface area (Å²) in [7, 11) is 0. The summed E-state index contributed by atoms with van der Waals surface area (Å²) in [6.45, 7) is 7.67. The van der Waals surface area contributed by atoms with Crippen LogP contribution >= 0.6 is 0 Å². The van der Waals surface area contributed by atoms with E-state index in [0.717, 1.165) is 57.6 Å². The average Bonchev–Trinajstić information content (AvgIpc) is 3.47. The maximum atomic E-state index is 12.6. The molecule has 0 bridgehead atoms. The van der Waals surface area contributed by atoms with Gasteiger partial charge in [-0.3, -0.25) is 14.6 Å². The number of aliphatic hydroxyl groups is 1. The highest BCUT2D eigenvalue weighted by Crippen LogP contribution is 2.28. The van der Waals surface area contributed by atoms with Crippen LogP contribution in [-0.4, -0.2) is 82.5 Å². The molecule has 1 aromatic heterocycles. The Labute approximate surface area is 183 Å². The molecule has 31 heavy (non-hydrogen) atoms. The molecule has 1 amide bonds. The first-order valence-corrected chi connectivity index (χ1v) is 11.7. The second-order valence-corrected chi connectivity index (χ2v) is 9.51. The molecule has 2 aromatic rings. The number of ether oxygens (including phenoxy) is 1.